The molecule has 0 aliphatic rings. The number of rotatable bonds is 4. The summed E-state index contributed by atoms with van der Waals surface area (Å²) in [6, 6.07) is 0.380. The molecule has 9 heavy (non-hydrogen) atoms. The summed E-state index contributed by atoms with van der Waals surface area (Å²) >= 11 is 0. The molecule has 0 bridgehead atoms. The lowest BCUT2D eigenvalue weighted by atomic mass is 10.4. The van der Waals surface area contributed by atoms with Gasteiger partial charge in [0.15, 0.2) is 0 Å². The maximum atomic E-state index is 10.9. The van der Waals surface area contributed by atoms with Gasteiger partial charge in [0.25, 0.3) is 0 Å². The SMILES string of the molecule is CCS(=O)CC(C)NC. The van der Waals surface area contributed by atoms with Crippen LogP contribution in [0, 0.1) is 0 Å². The Morgan fingerprint density at radius 2 is 2.22 bits per heavy atom. The Bertz CT molecular complexity index is 95.1. The van der Waals surface area contributed by atoms with E-state index in [1.54, 1.807) is 0 Å². The minimum Gasteiger partial charge on any atom is -0.316 e. The molecule has 0 aromatic rings. The zero-order chi connectivity index (χ0) is 7.28. The van der Waals surface area contributed by atoms with Crippen molar-refractivity contribution >= 4 is 10.8 Å². The van der Waals surface area contributed by atoms with E-state index in [4.69, 9.17) is 0 Å². The van der Waals surface area contributed by atoms with Gasteiger partial charge in [0, 0.05) is 28.3 Å². The second kappa shape index (κ2) is 4.94. The molecular formula is C6H15NOS. The van der Waals surface area contributed by atoms with Gasteiger partial charge in [0.1, 0.15) is 0 Å². The lowest BCUT2D eigenvalue weighted by Gasteiger charge is -2.07. The zero-order valence-electron chi connectivity index (χ0n) is 6.31. The third-order valence-corrected chi connectivity index (χ3v) is 2.77. The first-order valence-electron chi connectivity index (χ1n) is 3.23. The third kappa shape index (κ3) is 4.60. The molecule has 3 heteroatoms. The lowest BCUT2D eigenvalue weighted by molar-refractivity contribution is 0.646. The fourth-order valence-electron chi connectivity index (χ4n) is 0.480. The molecule has 0 heterocycles. The second-order valence-electron chi connectivity index (χ2n) is 2.08. The number of nitrogens with one attached hydrogen (secondary N) is 1. The molecule has 2 unspecified atom stereocenters. The van der Waals surface area contributed by atoms with Crippen LogP contribution < -0.4 is 5.32 Å². The molecule has 0 saturated heterocycles. The quantitative estimate of drug-likeness (QED) is 0.625. The van der Waals surface area contributed by atoms with Crippen LogP contribution in [0.5, 0.6) is 0 Å². The van der Waals surface area contributed by atoms with Crippen LogP contribution in [-0.2, 0) is 10.8 Å². The van der Waals surface area contributed by atoms with Gasteiger partial charge in [-0.05, 0) is 14.0 Å². The molecular weight excluding hydrogens is 134 g/mol. The summed E-state index contributed by atoms with van der Waals surface area (Å²) in [4.78, 5) is 0. The van der Waals surface area contributed by atoms with Gasteiger partial charge in [-0.2, -0.15) is 0 Å². The minimum absolute atomic E-state index is 0.380. The van der Waals surface area contributed by atoms with Crippen molar-refractivity contribution in [3.8, 4) is 0 Å². The lowest BCUT2D eigenvalue weighted by Crippen LogP contribution is -2.27. The van der Waals surface area contributed by atoms with E-state index in [9.17, 15) is 4.21 Å². The van der Waals surface area contributed by atoms with Crippen molar-refractivity contribution in [3.05, 3.63) is 0 Å². The molecule has 0 aliphatic heterocycles. The molecule has 0 saturated carbocycles. The van der Waals surface area contributed by atoms with Crippen molar-refractivity contribution in [2.45, 2.75) is 19.9 Å². The van der Waals surface area contributed by atoms with Crippen LogP contribution >= 0.6 is 0 Å². The van der Waals surface area contributed by atoms with Crippen LogP contribution in [-0.4, -0.2) is 28.8 Å². The Morgan fingerprint density at radius 3 is 2.56 bits per heavy atom. The smallest absolute Gasteiger partial charge is 0.0385 e. The Balaban J connectivity index is 3.34. The highest BCUT2D eigenvalue weighted by Gasteiger charge is 2.01. The van der Waals surface area contributed by atoms with E-state index in [-0.39, 0.29) is 0 Å². The van der Waals surface area contributed by atoms with Crippen molar-refractivity contribution in [2.75, 3.05) is 18.6 Å². The summed E-state index contributed by atoms with van der Waals surface area (Å²) in [6.07, 6.45) is 0. The van der Waals surface area contributed by atoms with Crippen LogP contribution in [0.4, 0.5) is 0 Å². The molecule has 2 nitrogen and oxygen atoms in total. The van der Waals surface area contributed by atoms with E-state index in [1.165, 1.54) is 0 Å². The largest absolute Gasteiger partial charge is 0.316 e. The molecule has 0 aromatic heterocycles. The van der Waals surface area contributed by atoms with Gasteiger partial charge in [0.05, 0.1) is 0 Å². The van der Waals surface area contributed by atoms with Gasteiger partial charge in [-0.1, -0.05) is 6.92 Å². The molecule has 0 aromatic carbocycles. The van der Waals surface area contributed by atoms with Crippen LogP contribution in [0.25, 0.3) is 0 Å². The molecule has 2 atom stereocenters. The second-order valence-corrected chi connectivity index (χ2v) is 3.88. The van der Waals surface area contributed by atoms with Gasteiger partial charge >= 0.3 is 0 Å². The Labute approximate surface area is 59.5 Å². The highest BCUT2D eigenvalue weighted by molar-refractivity contribution is 7.84. The van der Waals surface area contributed by atoms with E-state index in [2.05, 4.69) is 5.32 Å². The molecule has 0 spiro atoms. The Kier molecular flexibility index (Phi) is 5.00. The van der Waals surface area contributed by atoms with Crippen molar-refractivity contribution < 1.29 is 4.21 Å². The van der Waals surface area contributed by atoms with Crippen LogP contribution in [0.15, 0.2) is 0 Å². The van der Waals surface area contributed by atoms with Gasteiger partial charge in [0.2, 0.25) is 0 Å². The molecule has 0 rings (SSSR count). The first-order chi connectivity index (χ1) is 4.20. The fraction of sp³-hybridized carbons (Fsp3) is 1.00. The van der Waals surface area contributed by atoms with E-state index in [1.807, 2.05) is 20.9 Å². The molecule has 1 N–H and O–H groups in total. The Morgan fingerprint density at radius 1 is 1.67 bits per heavy atom. The predicted molar refractivity (Wildman–Crippen MR) is 42.1 cm³/mol. The van der Waals surface area contributed by atoms with E-state index < -0.39 is 10.8 Å². The van der Waals surface area contributed by atoms with Crippen molar-refractivity contribution in [1.29, 1.82) is 0 Å². The summed E-state index contributed by atoms with van der Waals surface area (Å²) < 4.78 is 10.9. The fourth-order valence-corrected chi connectivity index (χ4v) is 1.44. The number of hydrogen-bond donors (Lipinski definition) is 1. The zero-order valence-corrected chi connectivity index (χ0v) is 7.12. The molecule has 0 fully saturated rings. The number of hydrogen-bond acceptors (Lipinski definition) is 2. The van der Waals surface area contributed by atoms with Gasteiger partial charge in [-0.25, -0.2) is 0 Å². The molecule has 56 valence electrons. The third-order valence-electron chi connectivity index (χ3n) is 1.25. The molecule has 0 amide bonds. The molecule has 0 radical (unpaired) electrons. The normalized spacial score (nSPS) is 17.2. The Hall–Kier alpha value is 0.110. The predicted octanol–water partition coefficient (Wildman–Crippen LogP) is 0.363. The van der Waals surface area contributed by atoms with Crippen molar-refractivity contribution in [2.24, 2.45) is 0 Å². The maximum absolute atomic E-state index is 10.9. The topological polar surface area (TPSA) is 29.1 Å². The van der Waals surface area contributed by atoms with Crippen LogP contribution in [0.3, 0.4) is 0 Å². The standard InChI is InChI=1S/C6H15NOS/c1-4-9(8)5-6(2)7-3/h6-7H,4-5H2,1-3H3. The highest BCUT2D eigenvalue weighted by Crippen LogP contribution is 1.86. The summed E-state index contributed by atoms with van der Waals surface area (Å²) in [5.41, 5.74) is 0. The molecule has 0 aliphatic carbocycles. The minimum atomic E-state index is -0.619. The average Bonchev–Trinajstić information content (AvgIpc) is 1.87. The van der Waals surface area contributed by atoms with E-state index >= 15 is 0 Å². The maximum Gasteiger partial charge on any atom is 0.0385 e. The van der Waals surface area contributed by atoms with Crippen LogP contribution in [0.2, 0.25) is 0 Å². The van der Waals surface area contributed by atoms with Gasteiger partial charge in [-0.3, -0.25) is 4.21 Å². The average molecular weight is 149 g/mol. The van der Waals surface area contributed by atoms with E-state index in [0.29, 0.717) is 6.04 Å². The van der Waals surface area contributed by atoms with Crippen LogP contribution in [0.1, 0.15) is 13.8 Å². The first-order valence-corrected chi connectivity index (χ1v) is 4.71. The highest BCUT2D eigenvalue weighted by atomic mass is 32.2. The van der Waals surface area contributed by atoms with Gasteiger partial charge in [-0.15, -0.1) is 0 Å². The summed E-state index contributed by atoms with van der Waals surface area (Å²) in [7, 11) is 1.27. The first kappa shape index (κ1) is 9.11. The van der Waals surface area contributed by atoms with E-state index in [0.717, 1.165) is 11.5 Å². The summed E-state index contributed by atoms with van der Waals surface area (Å²) in [6.45, 7) is 3.98. The van der Waals surface area contributed by atoms with Crippen molar-refractivity contribution in [3.63, 3.8) is 0 Å². The summed E-state index contributed by atoms with van der Waals surface area (Å²) in [5.74, 6) is 1.54. The monoisotopic (exact) mass is 149 g/mol. The van der Waals surface area contributed by atoms with Crippen molar-refractivity contribution in [1.82, 2.24) is 5.32 Å². The summed E-state index contributed by atoms with van der Waals surface area (Å²) in [5, 5.41) is 3.04. The van der Waals surface area contributed by atoms with Gasteiger partial charge < -0.3 is 5.32 Å².